The Kier molecular flexibility index (Phi) is 5.06. The second-order valence-corrected chi connectivity index (χ2v) is 6.24. The number of pyridine rings is 1. The van der Waals surface area contributed by atoms with E-state index in [-0.39, 0.29) is 0 Å². The molecule has 0 aliphatic carbocycles. The van der Waals surface area contributed by atoms with Crippen LogP contribution in [0.25, 0.3) is 21.7 Å². The minimum atomic E-state index is 0.629. The summed E-state index contributed by atoms with van der Waals surface area (Å²) in [6, 6.07) is 19.9. The zero-order valence-corrected chi connectivity index (χ0v) is 15.8. The van der Waals surface area contributed by atoms with Crippen LogP contribution in [0.4, 0.5) is 5.69 Å². The second kappa shape index (κ2) is 7.96. The molecule has 0 unspecified atom stereocenters. The normalized spacial score (nSPS) is 11.2. The van der Waals surface area contributed by atoms with Crippen molar-refractivity contribution in [3.8, 4) is 11.5 Å². The number of aromatic nitrogens is 1. The minimum absolute atomic E-state index is 0.629. The number of ether oxygens (including phenoxy) is 2. The molecule has 140 valence electrons. The third-order valence-electron chi connectivity index (χ3n) is 4.55. The Labute approximate surface area is 163 Å². The fourth-order valence-electron chi connectivity index (χ4n) is 3.24. The molecule has 1 heterocycles. The number of benzene rings is 3. The molecule has 0 aliphatic rings. The van der Waals surface area contributed by atoms with Gasteiger partial charge in [-0.05, 0) is 42.6 Å². The first-order chi connectivity index (χ1) is 13.8. The second-order valence-electron chi connectivity index (χ2n) is 6.24. The maximum atomic E-state index is 5.55. The summed E-state index contributed by atoms with van der Waals surface area (Å²) in [7, 11) is 1.68. The van der Waals surface area contributed by atoms with Crippen LogP contribution in [0.1, 0.15) is 12.5 Å². The predicted octanol–water partition coefficient (Wildman–Crippen LogP) is 5.24. The van der Waals surface area contributed by atoms with E-state index in [1.54, 1.807) is 13.3 Å². The molecule has 1 aromatic heterocycles. The van der Waals surface area contributed by atoms with Gasteiger partial charge in [0, 0.05) is 28.6 Å². The molecule has 0 amide bonds. The molecule has 0 aliphatic heterocycles. The topological polar surface area (TPSA) is 55.7 Å². The van der Waals surface area contributed by atoms with E-state index in [1.165, 1.54) is 0 Å². The van der Waals surface area contributed by atoms with Crippen molar-refractivity contribution in [2.24, 2.45) is 5.10 Å². The van der Waals surface area contributed by atoms with E-state index < -0.39 is 0 Å². The van der Waals surface area contributed by atoms with Crippen molar-refractivity contribution in [1.29, 1.82) is 0 Å². The molecule has 0 atom stereocenters. The van der Waals surface area contributed by atoms with Crippen LogP contribution in [0.2, 0.25) is 0 Å². The molecule has 0 fully saturated rings. The number of anilines is 1. The number of fused-ring (bicyclic) bond motifs is 2. The molecular formula is C23H21N3O2. The average Bonchev–Trinajstić information content (AvgIpc) is 2.74. The van der Waals surface area contributed by atoms with Crippen molar-refractivity contribution >= 4 is 33.6 Å². The van der Waals surface area contributed by atoms with Crippen LogP contribution in [0, 0.1) is 0 Å². The molecule has 0 saturated carbocycles. The van der Waals surface area contributed by atoms with Gasteiger partial charge in [0.1, 0.15) is 11.5 Å². The monoisotopic (exact) mass is 371 g/mol. The quantitative estimate of drug-likeness (QED) is 0.372. The van der Waals surface area contributed by atoms with Crippen LogP contribution in [0.5, 0.6) is 11.5 Å². The van der Waals surface area contributed by atoms with E-state index in [4.69, 9.17) is 9.47 Å². The van der Waals surface area contributed by atoms with Crippen LogP contribution in [-0.2, 0) is 0 Å². The Morgan fingerprint density at radius 1 is 1.00 bits per heavy atom. The standard InChI is InChI=1S/C23H21N3O2/c1-3-28-17-9-10-20-21(12-13-24-22(20)14-17)26-25-15-16-8-11-23(27-2)19-7-5-4-6-18(16)19/h4-15H,3H2,1-2H3,(H,24,26)/b25-15+. The van der Waals surface area contributed by atoms with Gasteiger partial charge in [0.25, 0.3) is 0 Å². The fraction of sp³-hybridized carbons (Fsp3) is 0.130. The Bertz CT molecular complexity index is 1160. The van der Waals surface area contributed by atoms with Gasteiger partial charge in [-0.15, -0.1) is 0 Å². The Morgan fingerprint density at radius 3 is 2.68 bits per heavy atom. The van der Waals surface area contributed by atoms with Gasteiger partial charge in [-0.3, -0.25) is 10.4 Å². The lowest BCUT2D eigenvalue weighted by Crippen LogP contribution is -1.95. The average molecular weight is 371 g/mol. The van der Waals surface area contributed by atoms with E-state index >= 15 is 0 Å². The number of hydrazone groups is 1. The number of rotatable bonds is 6. The van der Waals surface area contributed by atoms with Gasteiger partial charge in [-0.25, -0.2) is 0 Å². The lowest BCUT2D eigenvalue weighted by molar-refractivity contribution is 0.340. The molecule has 0 saturated heterocycles. The Hall–Kier alpha value is -3.60. The van der Waals surface area contributed by atoms with Gasteiger partial charge in [0.2, 0.25) is 0 Å². The number of nitrogens with zero attached hydrogens (tertiary/aromatic N) is 2. The zero-order valence-electron chi connectivity index (χ0n) is 15.8. The molecule has 4 rings (SSSR count). The predicted molar refractivity (Wildman–Crippen MR) is 115 cm³/mol. The summed E-state index contributed by atoms with van der Waals surface area (Å²) in [6.07, 6.45) is 3.58. The molecule has 3 aromatic carbocycles. The molecule has 0 spiro atoms. The summed E-state index contributed by atoms with van der Waals surface area (Å²) < 4.78 is 11.0. The van der Waals surface area contributed by atoms with Gasteiger partial charge in [-0.1, -0.05) is 24.3 Å². The lowest BCUT2D eigenvalue weighted by atomic mass is 10.0. The van der Waals surface area contributed by atoms with Gasteiger partial charge in [0.05, 0.1) is 31.1 Å². The van der Waals surface area contributed by atoms with Crippen molar-refractivity contribution in [2.75, 3.05) is 19.1 Å². The number of methoxy groups -OCH3 is 1. The number of nitrogens with one attached hydrogen (secondary N) is 1. The molecule has 5 nitrogen and oxygen atoms in total. The SMILES string of the molecule is CCOc1ccc2c(N/N=C/c3ccc(OC)c4ccccc34)ccnc2c1. The highest BCUT2D eigenvalue weighted by atomic mass is 16.5. The van der Waals surface area contributed by atoms with Gasteiger partial charge < -0.3 is 9.47 Å². The molecule has 4 aromatic rings. The van der Waals surface area contributed by atoms with Crippen molar-refractivity contribution < 1.29 is 9.47 Å². The number of hydrogen-bond acceptors (Lipinski definition) is 5. The fourth-order valence-corrected chi connectivity index (χ4v) is 3.24. The molecule has 0 bridgehead atoms. The summed E-state index contributed by atoms with van der Waals surface area (Å²) in [4.78, 5) is 4.43. The van der Waals surface area contributed by atoms with E-state index in [1.807, 2.05) is 67.7 Å². The third-order valence-corrected chi connectivity index (χ3v) is 4.55. The van der Waals surface area contributed by atoms with E-state index in [0.29, 0.717) is 6.61 Å². The maximum Gasteiger partial charge on any atom is 0.126 e. The highest BCUT2D eigenvalue weighted by Gasteiger charge is 2.05. The van der Waals surface area contributed by atoms with Crippen molar-refractivity contribution in [3.63, 3.8) is 0 Å². The zero-order chi connectivity index (χ0) is 19.3. The highest BCUT2D eigenvalue weighted by molar-refractivity contribution is 6.02. The van der Waals surface area contributed by atoms with Crippen LogP contribution >= 0.6 is 0 Å². The molecular weight excluding hydrogens is 350 g/mol. The maximum absolute atomic E-state index is 5.55. The van der Waals surface area contributed by atoms with Crippen molar-refractivity contribution in [1.82, 2.24) is 4.98 Å². The van der Waals surface area contributed by atoms with E-state index in [2.05, 4.69) is 21.6 Å². The lowest BCUT2D eigenvalue weighted by Gasteiger charge is -2.09. The van der Waals surface area contributed by atoms with Gasteiger partial charge in [-0.2, -0.15) is 5.10 Å². The summed E-state index contributed by atoms with van der Waals surface area (Å²) in [5, 5.41) is 7.59. The van der Waals surface area contributed by atoms with Crippen LogP contribution in [-0.4, -0.2) is 24.9 Å². The highest BCUT2D eigenvalue weighted by Crippen LogP contribution is 2.28. The van der Waals surface area contributed by atoms with Crippen LogP contribution < -0.4 is 14.9 Å². The van der Waals surface area contributed by atoms with Crippen molar-refractivity contribution in [3.05, 3.63) is 72.4 Å². The van der Waals surface area contributed by atoms with Crippen LogP contribution in [0.3, 0.4) is 0 Å². The first-order valence-electron chi connectivity index (χ1n) is 9.16. The third kappa shape index (κ3) is 3.47. The van der Waals surface area contributed by atoms with Gasteiger partial charge >= 0.3 is 0 Å². The smallest absolute Gasteiger partial charge is 0.126 e. The van der Waals surface area contributed by atoms with Crippen LogP contribution in [0.15, 0.2) is 72.0 Å². The Balaban J connectivity index is 1.63. The molecule has 1 N–H and O–H groups in total. The summed E-state index contributed by atoms with van der Waals surface area (Å²) in [6.45, 7) is 2.59. The minimum Gasteiger partial charge on any atom is -0.496 e. The first-order valence-corrected chi connectivity index (χ1v) is 9.16. The Morgan fingerprint density at radius 2 is 1.86 bits per heavy atom. The molecule has 0 radical (unpaired) electrons. The summed E-state index contributed by atoms with van der Waals surface area (Å²) in [5.74, 6) is 1.67. The molecule has 28 heavy (non-hydrogen) atoms. The van der Waals surface area contributed by atoms with Crippen molar-refractivity contribution in [2.45, 2.75) is 6.92 Å². The van der Waals surface area contributed by atoms with E-state index in [9.17, 15) is 0 Å². The summed E-state index contributed by atoms with van der Waals surface area (Å²) >= 11 is 0. The van der Waals surface area contributed by atoms with Gasteiger partial charge in [0.15, 0.2) is 0 Å². The van der Waals surface area contributed by atoms with E-state index in [0.717, 1.165) is 44.4 Å². The largest absolute Gasteiger partial charge is 0.496 e. The number of hydrogen-bond donors (Lipinski definition) is 1. The molecule has 5 heteroatoms. The first kappa shape index (κ1) is 17.8. The summed E-state index contributed by atoms with van der Waals surface area (Å²) in [5.41, 5.74) is 5.91.